The van der Waals surface area contributed by atoms with Crippen LogP contribution in [-0.4, -0.2) is 18.2 Å². The Morgan fingerprint density at radius 1 is 1.16 bits per heavy atom. The Kier molecular flexibility index (Phi) is 4.39. The summed E-state index contributed by atoms with van der Waals surface area (Å²) in [6.07, 6.45) is 0. The third-order valence-electron chi connectivity index (χ3n) is 3.27. The molecule has 3 rings (SSSR count). The molecule has 6 nitrogen and oxygen atoms in total. The third kappa shape index (κ3) is 3.59. The minimum absolute atomic E-state index is 0.0677. The fraction of sp³-hybridized carbons (Fsp3) is 0.0667. The lowest BCUT2D eigenvalue weighted by atomic mass is 10.2. The number of halogens is 2. The Morgan fingerprint density at radius 3 is 2.60 bits per heavy atom. The quantitative estimate of drug-likeness (QED) is 0.751. The van der Waals surface area contributed by atoms with Gasteiger partial charge in [0.2, 0.25) is 0 Å². The zero-order valence-electron chi connectivity index (χ0n) is 12.7. The van der Waals surface area contributed by atoms with Gasteiger partial charge in [0.25, 0.3) is 15.6 Å². The number of aromatic nitrogens is 2. The summed E-state index contributed by atoms with van der Waals surface area (Å²) in [6, 6.07) is 6.71. The standard InChI is InChI=1S/C15H11F2N3O3S2/c1-20-14(21)5-4-12(18-20)9-6-15(24-8-9)25(22,23)19-13-3-2-10(16)7-11(13)17/h2-8,19H,1H3. The lowest BCUT2D eigenvalue weighted by Crippen LogP contribution is -2.18. The highest BCUT2D eigenvalue weighted by molar-refractivity contribution is 7.94. The zero-order chi connectivity index (χ0) is 18.2. The molecule has 0 atom stereocenters. The number of nitrogens with zero attached hydrogens (tertiary/aromatic N) is 2. The number of aryl methyl sites for hydroxylation is 1. The summed E-state index contributed by atoms with van der Waals surface area (Å²) >= 11 is 0.915. The molecule has 1 N–H and O–H groups in total. The average molecular weight is 383 g/mol. The van der Waals surface area contributed by atoms with E-state index in [2.05, 4.69) is 9.82 Å². The molecule has 0 aliphatic heterocycles. The van der Waals surface area contributed by atoms with Crippen LogP contribution in [-0.2, 0) is 17.1 Å². The molecule has 10 heteroatoms. The predicted molar refractivity (Wildman–Crippen MR) is 90.0 cm³/mol. The molecule has 130 valence electrons. The van der Waals surface area contributed by atoms with Gasteiger partial charge < -0.3 is 0 Å². The Labute approximate surface area is 145 Å². The smallest absolute Gasteiger partial charge is 0.271 e. The lowest BCUT2D eigenvalue weighted by Gasteiger charge is -2.07. The molecule has 0 aliphatic carbocycles. The molecule has 1 aromatic carbocycles. The van der Waals surface area contributed by atoms with Gasteiger partial charge in [0, 0.05) is 30.1 Å². The number of rotatable bonds is 4. The fourth-order valence-electron chi connectivity index (χ4n) is 2.02. The molecule has 3 aromatic rings. The first-order valence-corrected chi connectivity index (χ1v) is 9.24. The SMILES string of the molecule is Cn1nc(-c2csc(S(=O)(=O)Nc3ccc(F)cc3F)c2)ccc1=O. The Hall–Kier alpha value is -2.59. The van der Waals surface area contributed by atoms with Gasteiger partial charge in [0.1, 0.15) is 15.8 Å². The summed E-state index contributed by atoms with van der Waals surface area (Å²) in [5, 5.41) is 5.60. The van der Waals surface area contributed by atoms with E-state index in [0.717, 1.165) is 28.2 Å². The van der Waals surface area contributed by atoms with Gasteiger partial charge in [-0.1, -0.05) is 0 Å². The average Bonchev–Trinajstić information content (AvgIpc) is 3.04. The molecule has 0 unspecified atom stereocenters. The molecule has 0 amide bonds. The predicted octanol–water partition coefficient (Wildman–Crippen LogP) is 2.59. The van der Waals surface area contributed by atoms with Crippen molar-refractivity contribution in [2.75, 3.05) is 4.72 Å². The van der Waals surface area contributed by atoms with Crippen molar-refractivity contribution in [1.29, 1.82) is 0 Å². The molecular formula is C15H11F2N3O3S2. The Bertz CT molecular complexity index is 1110. The molecule has 0 aliphatic rings. The van der Waals surface area contributed by atoms with Gasteiger partial charge in [0.15, 0.2) is 0 Å². The normalized spacial score (nSPS) is 11.5. The van der Waals surface area contributed by atoms with Crippen molar-refractivity contribution in [1.82, 2.24) is 9.78 Å². The summed E-state index contributed by atoms with van der Waals surface area (Å²) in [4.78, 5) is 11.4. The second kappa shape index (κ2) is 6.37. The van der Waals surface area contributed by atoms with Crippen LogP contribution in [0, 0.1) is 11.6 Å². The summed E-state index contributed by atoms with van der Waals surface area (Å²) in [5.41, 5.74) is 0.283. The number of anilines is 1. The fourth-order valence-corrected chi connectivity index (χ4v) is 4.26. The number of benzene rings is 1. The van der Waals surface area contributed by atoms with Crippen molar-refractivity contribution in [3.8, 4) is 11.3 Å². The zero-order valence-corrected chi connectivity index (χ0v) is 14.4. The molecule has 0 radical (unpaired) electrons. The molecule has 0 fully saturated rings. The van der Waals surface area contributed by atoms with Gasteiger partial charge >= 0.3 is 0 Å². The van der Waals surface area contributed by atoms with E-state index in [1.165, 1.54) is 25.2 Å². The maximum absolute atomic E-state index is 13.6. The lowest BCUT2D eigenvalue weighted by molar-refractivity contribution is 0.583. The first-order chi connectivity index (χ1) is 11.8. The first kappa shape index (κ1) is 17.2. The van der Waals surface area contributed by atoms with Crippen molar-refractivity contribution >= 4 is 27.0 Å². The van der Waals surface area contributed by atoms with E-state index in [-0.39, 0.29) is 15.5 Å². The summed E-state index contributed by atoms with van der Waals surface area (Å²) in [5.74, 6) is -1.82. The van der Waals surface area contributed by atoms with Gasteiger partial charge in [-0.05, 0) is 24.3 Å². The van der Waals surface area contributed by atoms with Gasteiger partial charge in [0.05, 0.1) is 11.4 Å². The van der Waals surface area contributed by atoms with Gasteiger partial charge in [-0.2, -0.15) is 5.10 Å². The number of sulfonamides is 1. The number of thiophene rings is 1. The molecule has 2 heterocycles. The highest BCUT2D eigenvalue weighted by atomic mass is 32.2. The number of hydrogen-bond donors (Lipinski definition) is 1. The monoisotopic (exact) mass is 383 g/mol. The topological polar surface area (TPSA) is 81.1 Å². The Balaban J connectivity index is 1.92. The molecule has 0 saturated heterocycles. The van der Waals surface area contributed by atoms with Crippen molar-refractivity contribution in [3.63, 3.8) is 0 Å². The summed E-state index contributed by atoms with van der Waals surface area (Å²) in [6.45, 7) is 0. The van der Waals surface area contributed by atoms with Crippen LogP contribution in [0.15, 0.2) is 50.8 Å². The van der Waals surface area contributed by atoms with Crippen LogP contribution >= 0.6 is 11.3 Å². The summed E-state index contributed by atoms with van der Waals surface area (Å²) in [7, 11) is -2.56. The van der Waals surface area contributed by atoms with E-state index in [1.807, 2.05) is 0 Å². The minimum atomic E-state index is -4.04. The maximum atomic E-state index is 13.6. The van der Waals surface area contributed by atoms with Gasteiger partial charge in [-0.3, -0.25) is 9.52 Å². The molecular weight excluding hydrogens is 372 g/mol. The largest absolute Gasteiger partial charge is 0.276 e. The van der Waals surface area contributed by atoms with E-state index in [1.54, 1.807) is 5.38 Å². The second-order valence-corrected chi connectivity index (χ2v) is 7.88. The van der Waals surface area contributed by atoms with E-state index in [0.29, 0.717) is 17.3 Å². The molecule has 0 saturated carbocycles. The molecule has 25 heavy (non-hydrogen) atoms. The third-order valence-corrected chi connectivity index (χ3v) is 6.08. The van der Waals surface area contributed by atoms with Gasteiger partial charge in [-0.25, -0.2) is 21.9 Å². The number of nitrogens with one attached hydrogen (secondary N) is 1. The van der Waals surface area contributed by atoms with E-state index >= 15 is 0 Å². The van der Waals surface area contributed by atoms with Gasteiger partial charge in [-0.15, -0.1) is 11.3 Å². The van der Waals surface area contributed by atoms with Crippen LogP contribution in [0.4, 0.5) is 14.5 Å². The Morgan fingerprint density at radius 2 is 1.92 bits per heavy atom. The number of hydrogen-bond acceptors (Lipinski definition) is 5. The summed E-state index contributed by atoms with van der Waals surface area (Å²) < 4.78 is 54.4. The van der Waals surface area contributed by atoms with Crippen LogP contribution in [0.3, 0.4) is 0 Å². The molecule has 2 aromatic heterocycles. The second-order valence-electron chi connectivity index (χ2n) is 5.06. The van der Waals surface area contributed by atoms with Crippen LogP contribution in [0.25, 0.3) is 11.3 Å². The van der Waals surface area contributed by atoms with Crippen molar-refractivity contribution in [2.24, 2.45) is 7.05 Å². The molecule has 0 spiro atoms. The highest BCUT2D eigenvalue weighted by Crippen LogP contribution is 2.29. The van der Waals surface area contributed by atoms with E-state index < -0.39 is 21.7 Å². The van der Waals surface area contributed by atoms with Crippen molar-refractivity contribution < 1.29 is 17.2 Å². The van der Waals surface area contributed by atoms with Crippen molar-refractivity contribution in [2.45, 2.75) is 4.21 Å². The van der Waals surface area contributed by atoms with E-state index in [4.69, 9.17) is 0 Å². The van der Waals surface area contributed by atoms with Crippen LogP contribution in [0.5, 0.6) is 0 Å². The van der Waals surface area contributed by atoms with E-state index in [9.17, 15) is 22.0 Å². The maximum Gasteiger partial charge on any atom is 0.271 e. The minimum Gasteiger partial charge on any atom is -0.276 e. The van der Waals surface area contributed by atoms with Crippen LogP contribution in [0.1, 0.15) is 0 Å². The first-order valence-electron chi connectivity index (χ1n) is 6.87. The van der Waals surface area contributed by atoms with Crippen molar-refractivity contribution in [3.05, 3.63) is 63.8 Å². The van der Waals surface area contributed by atoms with Crippen LogP contribution < -0.4 is 10.3 Å². The highest BCUT2D eigenvalue weighted by Gasteiger charge is 2.20. The van der Waals surface area contributed by atoms with Crippen LogP contribution in [0.2, 0.25) is 0 Å². The molecule has 0 bridgehead atoms.